The molecular weight excluding hydrogens is 352 g/mol. The number of carbonyl (C=O) groups is 1. The van der Waals surface area contributed by atoms with Crippen LogP contribution in [0.2, 0.25) is 5.02 Å². The molecule has 7 heteroatoms. The number of nitrogens with zero attached hydrogens (tertiary/aromatic N) is 3. The van der Waals surface area contributed by atoms with Crippen LogP contribution in [0.4, 0.5) is 11.5 Å². The van der Waals surface area contributed by atoms with Crippen LogP contribution in [0.5, 0.6) is 0 Å². The van der Waals surface area contributed by atoms with Gasteiger partial charge in [-0.2, -0.15) is 0 Å². The molecule has 0 bridgehead atoms. The Kier molecular flexibility index (Phi) is 4.53. The van der Waals surface area contributed by atoms with Gasteiger partial charge in [0, 0.05) is 37.9 Å². The van der Waals surface area contributed by atoms with Crippen molar-refractivity contribution in [2.24, 2.45) is 7.05 Å². The summed E-state index contributed by atoms with van der Waals surface area (Å²) in [4.78, 5) is 19.3. The number of ether oxygens (including phenoxy) is 1. The fourth-order valence-corrected chi connectivity index (χ4v) is 3.38. The van der Waals surface area contributed by atoms with Crippen LogP contribution in [0, 0.1) is 0 Å². The van der Waals surface area contributed by atoms with Gasteiger partial charge in [-0.3, -0.25) is 4.79 Å². The second-order valence-corrected chi connectivity index (χ2v) is 6.63. The highest BCUT2D eigenvalue weighted by atomic mass is 35.5. The number of morpholine rings is 1. The molecule has 0 saturated carbocycles. The maximum Gasteiger partial charge on any atom is 0.257 e. The first-order valence-corrected chi connectivity index (χ1v) is 8.85. The Labute approximate surface area is 156 Å². The van der Waals surface area contributed by atoms with E-state index in [9.17, 15) is 4.79 Å². The number of nitrogens with one attached hydrogen (secondary N) is 1. The molecule has 0 unspecified atom stereocenters. The van der Waals surface area contributed by atoms with Crippen LogP contribution in [-0.2, 0) is 11.8 Å². The Morgan fingerprint density at radius 2 is 2.00 bits per heavy atom. The van der Waals surface area contributed by atoms with Crippen molar-refractivity contribution in [2.45, 2.75) is 0 Å². The summed E-state index contributed by atoms with van der Waals surface area (Å²) in [5, 5.41) is 4.77. The lowest BCUT2D eigenvalue weighted by atomic mass is 10.1. The van der Waals surface area contributed by atoms with E-state index in [1.54, 1.807) is 6.20 Å². The average molecular weight is 371 g/mol. The van der Waals surface area contributed by atoms with Gasteiger partial charge in [-0.05, 0) is 18.2 Å². The molecule has 1 saturated heterocycles. The molecule has 2 aromatic heterocycles. The molecule has 1 amide bonds. The predicted molar refractivity (Wildman–Crippen MR) is 102 cm³/mol. The third-order valence-corrected chi connectivity index (χ3v) is 4.89. The van der Waals surface area contributed by atoms with E-state index >= 15 is 0 Å². The molecule has 1 fully saturated rings. The van der Waals surface area contributed by atoms with Crippen molar-refractivity contribution < 1.29 is 9.53 Å². The molecule has 1 aliphatic heterocycles. The normalized spacial score (nSPS) is 14.6. The van der Waals surface area contributed by atoms with Crippen molar-refractivity contribution in [1.82, 2.24) is 14.5 Å². The van der Waals surface area contributed by atoms with Crippen molar-refractivity contribution in [2.75, 3.05) is 31.6 Å². The van der Waals surface area contributed by atoms with Crippen LogP contribution in [0.15, 0.2) is 42.7 Å². The second kappa shape index (κ2) is 6.97. The number of hydrogen-bond acceptors (Lipinski definition) is 4. The van der Waals surface area contributed by atoms with E-state index < -0.39 is 0 Å². The topological polar surface area (TPSA) is 59.4 Å². The number of halogens is 1. The molecular formula is C19H19ClN4O2. The standard InChI is InChI=1S/C19H19ClN4O2/c1-23-7-6-13-17(23)14(19(25)24-8-10-26-11-9-24)12-21-18(13)22-16-5-3-2-4-15(16)20/h2-7,12H,8-11H2,1H3,(H,21,22). The molecule has 0 aliphatic carbocycles. The number of carbonyl (C=O) groups excluding carboxylic acids is 1. The molecule has 1 aliphatic rings. The van der Waals surface area contributed by atoms with E-state index in [-0.39, 0.29) is 5.91 Å². The van der Waals surface area contributed by atoms with Crippen LogP contribution >= 0.6 is 11.6 Å². The van der Waals surface area contributed by atoms with Gasteiger partial charge >= 0.3 is 0 Å². The Morgan fingerprint density at radius 1 is 1.23 bits per heavy atom. The van der Waals surface area contributed by atoms with Crippen LogP contribution in [0.3, 0.4) is 0 Å². The number of aromatic nitrogens is 2. The minimum Gasteiger partial charge on any atom is -0.378 e. The Bertz CT molecular complexity index is 963. The maximum absolute atomic E-state index is 13.0. The van der Waals surface area contributed by atoms with E-state index in [0.29, 0.717) is 42.7 Å². The van der Waals surface area contributed by atoms with Gasteiger partial charge in [0.15, 0.2) is 0 Å². The highest BCUT2D eigenvalue weighted by molar-refractivity contribution is 6.33. The third kappa shape index (κ3) is 3.02. The van der Waals surface area contributed by atoms with E-state index in [0.717, 1.165) is 16.6 Å². The second-order valence-electron chi connectivity index (χ2n) is 6.22. The third-order valence-electron chi connectivity index (χ3n) is 4.56. The highest BCUT2D eigenvalue weighted by Crippen LogP contribution is 2.31. The molecule has 26 heavy (non-hydrogen) atoms. The van der Waals surface area contributed by atoms with E-state index in [4.69, 9.17) is 16.3 Å². The number of para-hydroxylation sites is 1. The van der Waals surface area contributed by atoms with E-state index in [1.807, 2.05) is 53.0 Å². The lowest BCUT2D eigenvalue weighted by molar-refractivity contribution is 0.0303. The first-order chi connectivity index (χ1) is 12.6. The number of hydrogen-bond donors (Lipinski definition) is 1. The molecule has 0 spiro atoms. The van der Waals surface area contributed by atoms with Gasteiger partial charge in [-0.25, -0.2) is 4.98 Å². The molecule has 6 nitrogen and oxygen atoms in total. The van der Waals surface area contributed by atoms with Crippen LogP contribution in [0.25, 0.3) is 10.9 Å². The minimum atomic E-state index is -0.0168. The Balaban J connectivity index is 1.74. The summed E-state index contributed by atoms with van der Waals surface area (Å²) >= 11 is 6.25. The van der Waals surface area contributed by atoms with Crippen molar-refractivity contribution >= 4 is 39.9 Å². The quantitative estimate of drug-likeness (QED) is 0.767. The number of fused-ring (bicyclic) bond motifs is 1. The SMILES string of the molecule is Cn1ccc2c(Nc3ccccc3Cl)ncc(C(=O)N3CCOCC3)c21. The van der Waals surface area contributed by atoms with Crippen molar-refractivity contribution in [3.8, 4) is 0 Å². The lowest BCUT2D eigenvalue weighted by Crippen LogP contribution is -2.40. The van der Waals surface area contributed by atoms with Gasteiger partial charge in [0.05, 0.1) is 35.0 Å². The van der Waals surface area contributed by atoms with Crippen molar-refractivity contribution in [3.05, 3.63) is 53.3 Å². The highest BCUT2D eigenvalue weighted by Gasteiger charge is 2.23. The first-order valence-electron chi connectivity index (χ1n) is 8.48. The van der Waals surface area contributed by atoms with Gasteiger partial charge in [0.25, 0.3) is 5.91 Å². The molecule has 134 valence electrons. The van der Waals surface area contributed by atoms with Gasteiger partial charge in [-0.1, -0.05) is 23.7 Å². The summed E-state index contributed by atoms with van der Waals surface area (Å²) in [6.45, 7) is 2.35. The Morgan fingerprint density at radius 3 is 2.77 bits per heavy atom. The molecule has 3 aromatic rings. The molecule has 1 N–H and O–H groups in total. The molecule has 3 heterocycles. The summed E-state index contributed by atoms with van der Waals surface area (Å²) in [6, 6.07) is 9.46. The molecule has 0 atom stereocenters. The fourth-order valence-electron chi connectivity index (χ4n) is 3.20. The number of aryl methyl sites for hydroxylation is 1. The fraction of sp³-hybridized carbons (Fsp3) is 0.263. The van der Waals surface area contributed by atoms with Gasteiger partial charge < -0.3 is 19.5 Å². The number of amides is 1. The number of benzene rings is 1. The zero-order valence-electron chi connectivity index (χ0n) is 14.4. The summed E-state index contributed by atoms with van der Waals surface area (Å²) in [5.74, 6) is 0.657. The first kappa shape index (κ1) is 16.9. The van der Waals surface area contributed by atoms with Crippen LogP contribution in [0.1, 0.15) is 10.4 Å². The number of pyridine rings is 1. The minimum absolute atomic E-state index is 0.0168. The molecule has 4 rings (SSSR count). The summed E-state index contributed by atoms with van der Waals surface area (Å²) in [7, 11) is 1.93. The average Bonchev–Trinajstić information content (AvgIpc) is 3.06. The smallest absolute Gasteiger partial charge is 0.257 e. The number of anilines is 2. The van der Waals surface area contributed by atoms with Crippen LogP contribution < -0.4 is 5.32 Å². The van der Waals surface area contributed by atoms with Gasteiger partial charge in [0.1, 0.15) is 5.82 Å². The summed E-state index contributed by atoms with van der Waals surface area (Å²) < 4.78 is 7.29. The summed E-state index contributed by atoms with van der Waals surface area (Å²) in [5.41, 5.74) is 2.23. The molecule has 1 aromatic carbocycles. The molecule has 0 radical (unpaired) electrons. The van der Waals surface area contributed by atoms with E-state index in [1.165, 1.54) is 0 Å². The number of rotatable bonds is 3. The van der Waals surface area contributed by atoms with Crippen molar-refractivity contribution in [3.63, 3.8) is 0 Å². The largest absolute Gasteiger partial charge is 0.378 e. The van der Waals surface area contributed by atoms with Crippen molar-refractivity contribution in [1.29, 1.82) is 0 Å². The van der Waals surface area contributed by atoms with Gasteiger partial charge in [0.2, 0.25) is 0 Å². The Hall–Kier alpha value is -2.57. The van der Waals surface area contributed by atoms with Crippen LogP contribution in [-0.4, -0.2) is 46.7 Å². The monoisotopic (exact) mass is 370 g/mol. The zero-order chi connectivity index (χ0) is 18.1. The summed E-state index contributed by atoms with van der Waals surface area (Å²) in [6.07, 6.45) is 3.57. The maximum atomic E-state index is 13.0. The van der Waals surface area contributed by atoms with Gasteiger partial charge in [-0.15, -0.1) is 0 Å². The lowest BCUT2D eigenvalue weighted by Gasteiger charge is -2.27. The van der Waals surface area contributed by atoms with E-state index in [2.05, 4.69) is 10.3 Å². The predicted octanol–water partition coefficient (Wildman–Crippen LogP) is 3.44. The zero-order valence-corrected chi connectivity index (χ0v) is 15.2.